The zero-order valence-corrected chi connectivity index (χ0v) is 14.6. The molecule has 3 fully saturated rings. The van der Waals surface area contributed by atoms with Crippen LogP contribution in [-0.2, 0) is 4.79 Å². The van der Waals surface area contributed by atoms with Crippen LogP contribution in [0.25, 0.3) is 0 Å². The molecular formula is C19H19F2N5O. The number of halogens is 2. The number of nitrogens with zero attached hydrogens (tertiary/aromatic N) is 4. The van der Waals surface area contributed by atoms with Crippen LogP contribution in [-0.4, -0.2) is 55.2 Å². The predicted molar refractivity (Wildman–Crippen MR) is 92.7 cm³/mol. The second-order valence-electron chi connectivity index (χ2n) is 7.47. The summed E-state index contributed by atoms with van der Waals surface area (Å²) in [4.78, 5) is 15.6. The molecule has 2 aliphatic heterocycles. The fourth-order valence-corrected chi connectivity index (χ4v) is 4.35. The Labute approximate surface area is 156 Å². The number of nitriles is 2. The number of hydrogen-bond acceptors (Lipinski definition) is 5. The first-order valence-electron chi connectivity index (χ1n) is 9.02. The molecule has 0 radical (unpaired) electrons. The first-order valence-corrected chi connectivity index (χ1v) is 9.02. The molecule has 0 bridgehead atoms. The summed E-state index contributed by atoms with van der Waals surface area (Å²) in [7, 11) is 0. The number of benzene rings is 1. The van der Waals surface area contributed by atoms with Crippen LogP contribution in [0, 0.1) is 40.3 Å². The summed E-state index contributed by atoms with van der Waals surface area (Å²) in [5.41, 5.74) is 1.01. The summed E-state index contributed by atoms with van der Waals surface area (Å²) < 4.78 is 27.1. The first kappa shape index (κ1) is 17.7. The summed E-state index contributed by atoms with van der Waals surface area (Å²) >= 11 is 0. The highest BCUT2D eigenvalue weighted by atomic mass is 19.1. The standard InChI is InChI=1S/C19H19F2N5O/c20-12-1-11(5-22)2-14(3-12)25-9-16-17(10-25)19(16)24-7-18(27)26-8-13(21)4-15(26)6-23/h1-3,13,15-17,19,24H,4,7-10H2/t13-,15?,16?,17?,19?/m0/s1. The van der Waals surface area contributed by atoms with Gasteiger partial charge in [-0.25, -0.2) is 8.78 Å². The van der Waals surface area contributed by atoms with E-state index >= 15 is 0 Å². The Morgan fingerprint density at radius 3 is 2.63 bits per heavy atom. The Bertz CT molecular complexity index is 835. The molecule has 4 atom stereocenters. The molecule has 0 spiro atoms. The second-order valence-corrected chi connectivity index (χ2v) is 7.47. The third-order valence-corrected chi connectivity index (χ3v) is 5.78. The van der Waals surface area contributed by atoms with E-state index in [1.807, 2.05) is 12.1 Å². The van der Waals surface area contributed by atoms with Gasteiger partial charge in [0.25, 0.3) is 0 Å². The van der Waals surface area contributed by atoms with E-state index in [2.05, 4.69) is 10.2 Å². The third kappa shape index (κ3) is 3.33. The van der Waals surface area contributed by atoms with E-state index in [0.717, 1.165) is 13.1 Å². The molecular weight excluding hydrogens is 352 g/mol. The fourth-order valence-electron chi connectivity index (χ4n) is 4.35. The number of carbonyl (C=O) groups is 1. The van der Waals surface area contributed by atoms with E-state index in [4.69, 9.17) is 10.5 Å². The number of nitrogens with one attached hydrogen (secondary N) is 1. The quantitative estimate of drug-likeness (QED) is 0.860. The van der Waals surface area contributed by atoms with Gasteiger partial charge in [0.05, 0.1) is 30.8 Å². The van der Waals surface area contributed by atoms with E-state index in [9.17, 15) is 13.6 Å². The Hall–Kier alpha value is -2.71. The van der Waals surface area contributed by atoms with E-state index < -0.39 is 18.0 Å². The largest absolute Gasteiger partial charge is 0.371 e. The summed E-state index contributed by atoms with van der Waals surface area (Å²) in [6.45, 7) is 1.57. The van der Waals surface area contributed by atoms with Gasteiger partial charge in [0, 0.05) is 31.2 Å². The predicted octanol–water partition coefficient (Wildman–Crippen LogP) is 1.18. The van der Waals surface area contributed by atoms with Crippen molar-refractivity contribution in [3.8, 4) is 12.1 Å². The smallest absolute Gasteiger partial charge is 0.237 e. The molecule has 0 aromatic heterocycles. The van der Waals surface area contributed by atoms with E-state index in [-0.39, 0.29) is 31.5 Å². The lowest BCUT2D eigenvalue weighted by molar-refractivity contribution is -0.130. The molecule has 3 aliphatic rings. The molecule has 1 N–H and O–H groups in total. The number of amides is 1. The summed E-state index contributed by atoms with van der Waals surface area (Å²) in [6.07, 6.45) is -1.04. The van der Waals surface area contributed by atoms with E-state index in [1.165, 1.54) is 17.0 Å². The van der Waals surface area contributed by atoms with E-state index in [0.29, 0.717) is 23.1 Å². The van der Waals surface area contributed by atoms with Gasteiger partial charge in [-0.1, -0.05) is 0 Å². The molecule has 3 unspecified atom stereocenters. The van der Waals surface area contributed by atoms with Crippen LogP contribution in [0.5, 0.6) is 0 Å². The van der Waals surface area contributed by atoms with Gasteiger partial charge in [0.1, 0.15) is 18.0 Å². The number of rotatable bonds is 4. The minimum atomic E-state index is -1.13. The molecule has 1 amide bonds. The molecule has 2 saturated heterocycles. The number of carbonyl (C=O) groups excluding carboxylic acids is 1. The van der Waals surface area contributed by atoms with Crippen LogP contribution in [0.3, 0.4) is 0 Å². The number of fused-ring (bicyclic) bond motifs is 1. The molecule has 1 saturated carbocycles. The van der Waals surface area contributed by atoms with Crippen LogP contribution in [0.1, 0.15) is 12.0 Å². The van der Waals surface area contributed by atoms with Crippen molar-refractivity contribution in [2.24, 2.45) is 11.8 Å². The van der Waals surface area contributed by atoms with Crippen molar-refractivity contribution in [2.45, 2.75) is 24.7 Å². The second kappa shape index (κ2) is 6.79. The zero-order valence-electron chi connectivity index (χ0n) is 14.6. The fraction of sp³-hybridized carbons (Fsp3) is 0.526. The Kier molecular flexibility index (Phi) is 4.45. The van der Waals surface area contributed by atoms with Crippen molar-refractivity contribution in [3.05, 3.63) is 29.6 Å². The van der Waals surface area contributed by atoms with Gasteiger partial charge in [0.2, 0.25) is 5.91 Å². The van der Waals surface area contributed by atoms with Gasteiger partial charge < -0.3 is 15.1 Å². The molecule has 1 aromatic rings. The minimum absolute atomic E-state index is 0.00909. The molecule has 4 rings (SSSR count). The third-order valence-electron chi connectivity index (χ3n) is 5.78. The maximum atomic E-state index is 13.6. The van der Waals surface area contributed by atoms with E-state index in [1.54, 1.807) is 6.07 Å². The Balaban J connectivity index is 1.29. The van der Waals surface area contributed by atoms with Gasteiger partial charge in [-0.05, 0) is 30.0 Å². The average molecular weight is 371 g/mol. The molecule has 6 nitrogen and oxygen atoms in total. The van der Waals surface area contributed by atoms with Crippen molar-refractivity contribution in [1.82, 2.24) is 10.2 Å². The van der Waals surface area contributed by atoms with Crippen molar-refractivity contribution in [2.75, 3.05) is 31.1 Å². The molecule has 140 valence electrons. The van der Waals surface area contributed by atoms with Gasteiger partial charge in [-0.3, -0.25) is 4.79 Å². The molecule has 27 heavy (non-hydrogen) atoms. The highest BCUT2D eigenvalue weighted by molar-refractivity contribution is 5.79. The van der Waals surface area contributed by atoms with Crippen molar-refractivity contribution >= 4 is 11.6 Å². The lowest BCUT2D eigenvalue weighted by atomic mass is 10.2. The molecule has 8 heteroatoms. The zero-order chi connectivity index (χ0) is 19.1. The van der Waals surface area contributed by atoms with Gasteiger partial charge in [0.15, 0.2) is 0 Å². The van der Waals surface area contributed by atoms with Gasteiger partial charge in [-0.15, -0.1) is 0 Å². The van der Waals surface area contributed by atoms with Crippen LogP contribution >= 0.6 is 0 Å². The van der Waals surface area contributed by atoms with Gasteiger partial charge >= 0.3 is 0 Å². The molecule has 1 aromatic carbocycles. The topological polar surface area (TPSA) is 83.2 Å². The highest BCUT2D eigenvalue weighted by Crippen LogP contribution is 2.46. The molecule has 2 heterocycles. The van der Waals surface area contributed by atoms with Gasteiger partial charge in [-0.2, -0.15) is 10.5 Å². The maximum Gasteiger partial charge on any atom is 0.237 e. The Morgan fingerprint density at radius 1 is 1.22 bits per heavy atom. The normalized spacial score (nSPS) is 31.3. The highest BCUT2D eigenvalue weighted by Gasteiger charge is 2.55. The SMILES string of the molecule is N#Cc1cc(F)cc(N2CC3C(C2)C3NCC(=O)N2C[C@@H](F)CC2C#N)c1. The molecule has 1 aliphatic carbocycles. The van der Waals surface area contributed by atoms with Crippen LogP contribution in [0.4, 0.5) is 14.5 Å². The lowest BCUT2D eigenvalue weighted by Gasteiger charge is -2.23. The monoisotopic (exact) mass is 371 g/mol. The number of alkyl halides is 1. The Morgan fingerprint density at radius 2 is 1.96 bits per heavy atom. The minimum Gasteiger partial charge on any atom is -0.371 e. The maximum absolute atomic E-state index is 13.6. The number of hydrogen-bond donors (Lipinski definition) is 1. The van der Waals surface area contributed by atoms with Crippen LogP contribution in [0.2, 0.25) is 0 Å². The average Bonchev–Trinajstić information content (AvgIpc) is 3.00. The number of piperidine rings is 1. The lowest BCUT2D eigenvalue weighted by Crippen LogP contribution is -2.42. The summed E-state index contributed by atoms with van der Waals surface area (Å²) in [6, 6.07) is 7.81. The number of likely N-dealkylation sites (tertiary alicyclic amines) is 1. The van der Waals surface area contributed by atoms with Crippen molar-refractivity contribution < 1.29 is 13.6 Å². The van der Waals surface area contributed by atoms with Crippen LogP contribution in [0.15, 0.2) is 18.2 Å². The summed E-state index contributed by atoms with van der Waals surface area (Å²) in [5, 5.41) is 21.2. The summed E-state index contributed by atoms with van der Waals surface area (Å²) in [5.74, 6) is 0.0674. The van der Waals surface area contributed by atoms with Crippen LogP contribution < -0.4 is 10.2 Å². The first-order chi connectivity index (χ1) is 13.0. The van der Waals surface area contributed by atoms with Crippen molar-refractivity contribution in [3.63, 3.8) is 0 Å². The van der Waals surface area contributed by atoms with Crippen molar-refractivity contribution in [1.29, 1.82) is 10.5 Å². The number of anilines is 1.